The van der Waals surface area contributed by atoms with Gasteiger partial charge >= 0.3 is 6.01 Å². The maximum absolute atomic E-state index is 12.6. The van der Waals surface area contributed by atoms with Crippen LogP contribution in [0.1, 0.15) is 31.3 Å². The van der Waals surface area contributed by atoms with Gasteiger partial charge in [-0.25, -0.2) is 13.1 Å². The highest BCUT2D eigenvalue weighted by atomic mass is 35.5. The molecule has 2 aromatic carbocycles. The highest BCUT2D eigenvalue weighted by Crippen LogP contribution is 2.26. The monoisotopic (exact) mass is 459 g/mol. The summed E-state index contributed by atoms with van der Waals surface area (Å²) in [6.45, 7) is 4.16. The lowest BCUT2D eigenvalue weighted by atomic mass is 10.2. The standard InChI is InChI=1S/C21H22ClN5O3S/c1-3-27-20(14(2)26-31(28,29)13-15-5-4-6-17(22)11-15)24-25-21(27)30-18-8-7-16-9-10-23-19(16)12-18/h4-12,14,23,26H,3,13H2,1-2H3/t14-/m1/s1. The molecule has 0 spiro atoms. The molecule has 0 aliphatic heterocycles. The first-order valence-corrected chi connectivity index (χ1v) is 11.8. The van der Waals surface area contributed by atoms with Crippen LogP contribution in [0, 0.1) is 0 Å². The van der Waals surface area contributed by atoms with Crippen LogP contribution in [-0.2, 0) is 22.3 Å². The minimum atomic E-state index is -3.63. The van der Waals surface area contributed by atoms with Gasteiger partial charge in [0.05, 0.1) is 11.8 Å². The molecular weight excluding hydrogens is 438 g/mol. The van der Waals surface area contributed by atoms with Crippen LogP contribution in [0.5, 0.6) is 11.8 Å². The Kier molecular flexibility index (Phi) is 5.99. The summed E-state index contributed by atoms with van der Waals surface area (Å²) in [7, 11) is -3.63. The molecule has 0 radical (unpaired) electrons. The Hall–Kier alpha value is -2.88. The number of hydrogen-bond acceptors (Lipinski definition) is 5. The summed E-state index contributed by atoms with van der Waals surface area (Å²) < 4.78 is 35.6. The fraction of sp³-hybridized carbons (Fsp3) is 0.238. The molecule has 0 aliphatic rings. The molecule has 162 valence electrons. The number of halogens is 1. The minimum Gasteiger partial charge on any atom is -0.424 e. The van der Waals surface area contributed by atoms with Crippen molar-refractivity contribution in [2.24, 2.45) is 0 Å². The first-order chi connectivity index (χ1) is 14.8. The Morgan fingerprint density at radius 1 is 1.19 bits per heavy atom. The number of fused-ring (bicyclic) bond motifs is 1. The molecule has 31 heavy (non-hydrogen) atoms. The Balaban J connectivity index is 1.51. The van der Waals surface area contributed by atoms with Crippen molar-refractivity contribution < 1.29 is 13.2 Å². The zero-order valence-corrected chi connectivity index (χ0v) is 18.6. The van der Waals surface area contributed by atoms with Gasteiger partial charge < -0.3 is 9.72 Å². The van der Waals surface area contributed by atoms with Crippen molar-refractivity contribution in [1.82, 2.24) is 24.5 Å². The Morgan fingerprint density at radius 3 is 2.81 bits per heavy atom. The van der Waals surface area contributed by atoms with Gasteiger partial charge in [-0.15, -0.1) is 5.10 Å². The van der Waals surface area contributed by atoms with E-state index in [9.17, 15) is 8.42 Å². The third-order valence-electron chi connectivity index (χ3n) is 4.79. The van der Waals surface area contributed by atoms with E-state index in [2.05, 4.69) is 19.9 Å². The van der Waals surface area contributed by atoms with E-state index in [1.807, 2.05) is 37.4 Å². The van der Waals surface area contributed by atoms with E-state index in [1.54, 1.807) is 35.8 Å². The molecule has 0 bridgehead atoms. The predicted octanol–water partition coefficient (Wildman–Crippen LogP) is 4.41. The summed E-state index contributed by atoms with van der Waals surface area (Å²) >= 11 is 5.96. The Bertz CT molecular complexity index is 1320. The number of nitrogens with one attached hydrogen (secondary N) is 2. The molecule has 0 unspecified atom stereocenters. The van der Waals surface area contributed by atoms with Gasteiger partial charge in [0, 0.05) is 29.3 Å². The molecule has 2 N–H and O–H groups in total. The van der Waals surface area contributed by atoms with Crippen molar-refractivity contribution in [3.8, 4) is 11.8 Å². The maximum Gasteiger partial charge on any atom is 0.322 e. The van der Waals surface area contributed by atoms with Crippen molar-refractivity contribution in [3.05, 3.63) is 71.1 Å². The number of benzene rings is 2. The molecule has 4 aromatic rings. The van der Waals surface area contributed by atoms with E-state index < -0.39 is 16.1 Å². The van der Waals surface area contributed by atoms with Crippen LogP contribution >= 0.6 is 11.6 Å². The fourth-order valence-corrected chi connectivity index (χ4v) is 4.96. The van der Waals surface area contributed by atoms with Crippen molar-refractivity contribution in [2.75, 3.05) is 0 Å². The van der Waals surface area contributed by atoms with Gasteiger partial charge in [0.1, 0.15) is 5.75 Å². The van der Waals surface area contributed by atoms with Crippen LogP contribution in [0.2, 0.25) is 5.02 Å². The van der Waals surface area contributed by atoms with Crippen LogP contribution in [0.25, 0.3) is 10.9 Å². The minimum absolute atomic E-state index is 0.183. The number of aromatic amines is 1. The summed E-state index contributed by atoms with van der Waals surface area (Å²) in [5.41, 5.74) is 1.55. The van der Waals surface area contributed by atoms with Gasteiger partial charge in [0.25, 0.3) is 0 Å². The average molecular weight is 460 g/mol. The molecule has 0 fully saturated rings. The first-order valence-electron chi connectivity index (χ1n) is 9.77. The van der Waals surface area contributed by atoms with E-state index in [4.69, 9.17) is 16.3 Å². The largest absolute Gasteiger partial charge is 0.424 e. The van der Waals surface area contributed by atoms with Crippen LogP contribution in [-0.4, -0.2) is 28.2 Å². The number of nitrogens with zero attached hydrogens (tertiary/aromatic N) is 3. The number of aromatic nitrogens is 4. The summed E-state index contributed by atoms with van der Waals surface area (Å²) in [6, 6.07) is 14.1. The van der Waals surface area contributed by atoms with E-state index in [0.717, 1.165) is 10.9 Å². The molecule has 10 heteroatoms. The van der Waals surface area contributed by atoms with E-state index in [1.165, 1.54) is 0 Å². The SMILES string of the molecule is CCn1c(Oc2ccc3cc[nH]c3c2)nnc1[C@@H](C)NS(=O)(=O)Cc1cccc(Cl)c1. The quantitative estimate of drug-likeness (QED) is 0.406. The van der Waals surface area contributed by atoms with Gasteiger partial charge in [-0.1, -0.05) is 28.8 Å². The summed E-state index contributed by atoms with van der Waals surface area (Å²) in [6.07, 6.45) is 1.86. The lowest BCUT2D eigenvalue weighted by Crippen LogP contribution is -2.30. The second-order valence-electron chi connectivity index (χ2n) is 7.14. The molecule has 2 aromatic heterocycles. The number of rotatable bonds is 8. The maximum atomic E-state index is 12.6. The zero-order valence-electron chi connectivity index (χ0n) is 17.0. The molecule has 0 aliphatic carbocycles. The molecule has 1 atom stereocenters. The highest BCUT2D eigenvalue weighted by Gasteiger charge is 2.23. The third kappa shape index (κ3) is 4.90. The van der Waals surface area contributed by atoms with Gasteiger partial charge in [-0.05, 0) is 55.1 Å². The molecule has 4 rings (SSSR count). The third-order valence-corrected chi connectivity index (χ3v) is 6.45. The van der Waals surface area contributed by atoms with Crippen LogP contribution < -0.4 is 9.46 Å². The average Bonchev–Trinajstić information content (AvgIpc) is 3.33. The van der Waals surface area contributed by atoms with Crippen LogP contribution in [0.3, 0.4) is 0 Å². The second kappa shape index (κ2) is 8.70. The topological polar surface area (TPSA) is 102 Å². The molecular formula is C21H22ClN5O3S. The number of sulfonamides is 1. The Labute approximate surface area is 185 Å². The van der Waals surface area contributed by atoms with Gasteiger partial charge in [-0.3, -0.25) is 4.57 Å². The van der Waals surface area contributed by atoms with E-state index in [0.29, 0.717) is 34.7 Å². The summed E-state index contributed by atoms with van der Waals surface area (Å²) in [5.74, 6) is 0.892. The van der Waals surface area contributed by atoms with Crippen molar-refractivity contribution in [1.29, 1.82) is 0 Å². The number of H-pyrrole nitrogens is 1. The lowest BCUT2D eigenvalue weighted by molar-refractivity contribution is 0.408. The second-order valence-corrected chi connectivity index (χ2v) is 9.33. The van der Waals surface area contributed by atoms with Crippen molar-refractivity contribution in [3.63, 3.8) is 0 Å². The zero-order chi connectivity index (χ0) is 22.0. The first kappa shape index (κ1) is 21.4. The van der Waals surface area contributed by atoms with E-state index >= 15 is 0 Å². The fourth-order valence-electron chi connectivity index (χ4n) is 3.40. The summed E-state index contributed by atoms with van der Waals surface area (Å²) in [4.78, 5) is 3.14. The molecule has 2 heterocycles. The predicted molar refractivity (Wildman–Crippen MR) is 120 cm³/mol. The van der Waals surface area contributed by atoms with E-state index in [-0.39, 0.29) is 5.75 Å². The van der Waals surface area contributed by atoms with Gasteiger partial charge in [0.15, 0.2) is 5.82 Å². The van der Waals surface area contributed by atoms with Gasteiger partial charge in [-0.2, -0.15) is 0 Å². The molecule has 0 saturated carbocycles. The summed E-state index contributed by atoms with van der Waals surface area (Å²) in [5, 5.41) is 9.87. The van der Waals surface area contributed by atoms with Crippen LogP contribution in [0.15, 0.2) is 54.7 Å². The lowest BCUT2D eigenvalue weighted by Gasteiger charge is -2.15. The van der Waals surface area contributed by atoms with Crippen LogP contribution in [0.4, 0.5) is 0 Å². The highest BCUT2D eigenvalue weighted by molar-refractivity contribution is 7.88. The molecule has 8 nitrogen and oxygen atoms in total. The number of hydrogen-bond donors (Lipinski definition) is 2. The smallest absolute Gasteiger partial charge is 0.322 e. The molecule has 0 amide bonds. The Morgan fingerprint density at radius 2 is 2.03 bits per heavy atom. The van der Waals surface area contributed by atoms with Crippen molar-refractivity contribution >= 4 is 32.5 Å². The normalized spacial score (nSPS) is 12.9. The number of ether oxygens (including phenoxy) is 1. The molecule has 0 saturated heterocycles. The van der Waals surface area contributed by atoms with Gasteiger partial charge in [0.2, 0.25) is 10.0 Å². The van der Waals surface area contributed by atoms with Crippen molar-refractivity contribution in [2.45, 2.75) is 32.2 Å².